The molecule has 0 aromatic carbocycles. The lowest BCUT2D eigenvalue weighted by molar-refractivity contribution is -0.126. The molecule has 1 unspecified atom stereocenters. The number of β-amino-alcohol motifs (C(OH)–C–C–N with tert-alkyl or cyclic N) is 1. The van der Waals surface area contributed by atoms with Gasteiger partial charge in [-0.25, -0.2) is 0 Å². The predicted octanol–water partition coefficient (Wildman–Crippen LogP) is -0.175. The highest BCUT2D eigenvalue weighted by molar-refractivity contribution is 5.78. The van der Waals surface area contributed by atoms with E-state index in [1.807, 2.05) is 0 Å². The zero-order valence-corrected chi connectivity index (χ0v) is 8.99. The summed E-state index contributed by atoms with van der Waals surface area (Å²) in [5.74, 6) is 0.229. The van der Waals surface area contributed by atoms with Gasteiger partial charge in [-0.1, -0.05) is 0 Å². The van der Waals surface area contributed by atoms with Crippen LogP contribution in [0.5, 0.6) is 0 Å². The van der Waals surface area contributed by atoms with Gasteiger partial charge in [0.2, 0.25) is 5.91 Å². The van der Waals surface area contributed by atoms with Gasteiger partial charge in [0, 0.05) is 20.1 Å². The number of hydrogen-bond donors (Lipinski definition) is 2. The van der Waals surface area contributed by atoms with E-state index in [0.717, 1.165) is 25.9 Å². The summed E-state index contributed by atoms with van der Waals surface area (Å²) >= 11 is 0. The van der Waals surface area contributed by atoms with E-state index < -0.39 is 0 Å². The number of aliphatic hydroxyl groups excluding tert-OH is 1. The van der Waals surface area contributed by atoms with E-state index >= 15 is 0 Å². The van der Waals surface area contributed by atoms with Crippen molar-refractivity contribution in [1.29, 1.82) is 0 Å². The van der Waals surface area contributed by atoms with Gasteiger partial charge in [0.25, 0.3) is 0 Å². The normalized spacial score (nSPS) is 25.8. The summed E-state index contributed by atoms with van der Waals surface area (Å²) in [7, 11) is 1.68. The fraction of sp³-hybridized carbons (Fsp3) is 0.900. The fourth-order valence-electron chi connectivity index (χ4n) is 2.01. The summed E-state index contributed by atoms with van der Waals surface area (Å²) in [6.45, 7) is 4.24. The smallest absolute Gasteiger partial charge is 0.224 e. The highest BCUT2D eigenvalue weighted by Gasteiger charge is 2.25. The van der Waals surface area contributed by atoms with Crippen LogP contribution in [0.3, 0.4) is 0 Å². The average molecular weight is 200 g/mol. The number of piperidine rings is 1. The summed E-state index contributed by atoms with van der Waals surface area (Å²) in [4.78, 5) is 13.6. The van der Waals surface area contributed by atoms with Gasteiger partial charge in [0.1, 0.15) is 0 Å². The number of rotatable bonds is 3. The molecule has 1 aliphatic heterocycles. The summed E-state index contributed by atoms with van der Waals surface area (Å²) in [5, 5.41) is 11.9. The van der Waals surface area contributed by atoms with Crippen molar-refractivity contribution in [3.05, 3.63) is 0 Å². The quantitative estimate of drug-likeness (QED) is 0.665. The molecule has 14 heavy (non-hydrogen) atoms. The van der Waals surface area contributed by atoms with Gasteiger partial charge in [-0.05, 0) is 26.3 Å². The van der Waals surface area contributed by atoms with E-state index in [1.54, 1.807) is 14.0 Å². The van der Waals surface area contributed by atoms with Crippen LogP contribution >= 0.6 is 0 Å². The van der Waals surface area contributed by atoms with Crippen molar-refractivity contribution < 1.29 is 9.90 Å². The van der Waals surface area contributed by atoms with Gasteiger partial charge in [0.05, 0.1) is 12.0 Å². The highest BCUT2D eigenvalue weighted by Crippen LogP contribution is 2.16. The van der Waals surface area contributed by atoms with Gasteiger partial charge >= 0.3 is 0 Å². The molecule has 1 fully saturated rings. The summed E-state index contributed by atoms with van der Waals surface area (Å²) in [6.07, 6.45) is 1.71. The standard InChI is InChI=1S/C10H20N2O2/c1-8(13)6-12-5-3-4-9(7-12)10(14)11-2/h8-9,13H,3-7H2,1-2H3,(H,11,14)/t8-,9?/m1/s1. The summed E-state index contributed by atoms with van der Waals surface area (Å²) in [5.41, 5.74) is 0. The lowest BCUT2D eigenvalue weighted by atomic mass is 9.97. The maximum absolute atomic E-state index is 11.4. The second-order valence-corrected chi connectivity index (χ2v) is 4.06. The molecule has 0 aliphatic carbocycles. The van der Waals surface area contributed by atoms with Crippen molar-refractivity contribution in [2.24, 2.45) is 5.92 Å². The first-order valence-electron chi connectivity index (χ1n) is 5.25. The zero-order valence-electron chi connectivity index (χ0n) is 8.99. The second-order valence-electron chi connectivity index (χ2n) is 4.06. The van der Waals surface area contributed by atoms with E-state index in [0.29, 0.717) is 6.54 Å². The van der Waals surface area contributed by atoms with Crippen molar-refractivity contribution in [2.75, 3.05) is 26.7 Å². The molecule has 0 saturated carbocycles. The predicted molar refractivity (Wildman–Crippen MR) is 54.9 cm³/mol. The topological polar surface area (TPSA) is 52.6 Å². The summed E-state index contributed by atoms with van der Waals surface area (Å²) < 4.78 is 0. The van der Waals surface area contributed by atoms with Gasteiger partial charge in [-0.2, -0.15) is 0 Å². The van der Waals surface area contributed by atoms with Gasteiger partial charge < -0.3 is 10.4 Å². The third-order valence-electron chi connectivity index (χ3n) is 2.65. The monoisotopic (exact) mass is 200 g/mol. The van der Waals surface area contributed by atoms with E-state index in [9.17, 15) is 9.90 Å². The SMILES string of the molecule is CNC(=O)C1CCCN(C[C@@H](C)O)C1. The van der Waals surface area contributed by atoms with Crippen LogP contribution in [0.15, 0.2) is 0 Å². The number of aliphatic hydroxyl groups is 1. The van der Waals surface area contributed by atoms with Crippen molar-refractivity contribution in [1.82, 2.24) is 10.2 Å². The number of nitrogens with one attached hydrogen (secondary N) is 1. The lowest BCUT2D eigenvalue weighted by Crippen LogP contribution is -2.44. The van der Waals surface area contributed by atoms with Crippen LogP contribution in [-0.4, -0.2) is 48.7 Å². The van der Waals surface area contributed by atoms with E-state index in [4.69, 9.17) is 0 Å². The van der Waals surface area contributed by atoms with Gasteiger partial charge in [-0.3, -0.25) is 9.69 Å². The molecule has 0 radical (unpaired) electrons. The lowest BCUT2D eigenvalue weighted by Gasteiger charge is -2.32. The maximum Gasteiger partial charge on any atom is 0.224 e. The van der Waals surface area contributed by atoms with Crippen molar-refractivity contribution >= 4 is 5.91 Å². The first-order valence-corrected chi connectivity index (χ1v) is 5.25. The number of carbonyl (C=O) groups excluding carboxylic acids is 1. The van der Waals surface area contributed by atoms with Crippen molar-refractivity contribution in [3.8, 4) is 0 Å². The molecule has 0 aromatic heterocycles. The third kappa shape index (κ3) is 3.27. The number of amides is 1. The Morgan fingerprint density at radius 2 is 2.43 bits per heavy atom. The Morgan fingerprint density at radius 1 is 1.71 bits per heavy atom. The average Bonchev–Trinajstić information content (AvgIpc) is 2.16. The van der Waals surface area contributed by atoms with Gasteiger partial charge in [-0.15, -0.1) is 0 Å². The maximum atomic E-state index is 11.4. The molecule has 1 saturated heterocycles. The molecule has 2 N–H and O–H groups in total. The molecule has 82 valence electrons. The van der Waals surface area contributed by atoms with Crippen LogP contribution in [0.1, 0.15) is 19.8 Å². The first kappa shape index (κ1) is 11.5. The van der Waals surface area contributed by atoms with Crippen LogP contribution in [0.4, 0.5) is 0 Å². The van der Waals surface area contributed by atoms with Crippen LogP contribution in [0, 0.1) is 5.92 Å². The number of hydrogen-bond acceptors (Lipinski definition) is 3. The zero-order chi connectivity index (χ0) is 10.6. The molecule has 0 aromatic rings. The Balaban J connectivity index is 2.39. The molecular formula is C10H20N2O2. The molecule has 1 rings (SSSR count). The largest absolute Gasteiger partial charge is 0.392 e. The highest BCUT2D eigenvalue weighted by atomic mass is 16.3. The molecule has 0 spiro atoms. The minimum atomic E-state index is -0.307. The number of likely N-dealkylation sites (tertiary alicyclic amines) is 1. The summed E-state index contributed by atoms with van der Waals surface area (Å²) in [6, 6.07) is 0. The van der Waals surface area contributed by atoms with E-state index in [1.165, 1.54) is 0 Å². The molecule has 1 amide bonds. The number of nitrogens with zero attached hydrogens (tertiary/aromatic N) is 1. The Kier molecular flexibility index (Phi) is 4.35. The Hall–Kier alpha value is -0.610. The van der Waals surface area contributed by atoms with Crippen molar-refractivity contribution in [2.45, 2.75) is 25.9 Å². The molecular weight excluding hydrogens is 180 g/mol. The molecule has 0 bridgehead atoms. The first-order chi connectivity index (χ1) is 6.63. The van der Waals surface area contributed by atoms with E-state index in [2.05, 4.69) is 10.2 Å². The fourth-order valence-corrected chi connectivity index (χ4v) is 2.01. The van der Waals surface area contributed by atoms with Gasteiger partial charge in [0.15, 0.2) is 0 Å². The molecule has 4 heteroatoms. The Bertz CT molecular complexity index is 195. The van der Waals surface area contributed by atoms with E-state index in [-0.39, 0.29) is 17.9 Å². The van der Waals surface area contributed by atoms with Crippen LogP contribution in [-0.2, 0) is 4.79 Å². The minimum absolute atomic E-state index is 0.104. The number of carbonyl (C=O) groups is 1. The molecule has 2 atom stereocenters. The van der Waals surface area contributed by atoms with Crippen molar-refractivity contribution in [3.63, 3.8) is 0 Å². The molecule has 4 nitrogen and oxygen atoms in total. The van der Waals surface area contributed by atoms with Crippen LogP contribution in [0.2, 0.25) is 0 Å². The Labute approximate surface area is 85.3 Å². The minimum Gasteiger partial charge on any atom is -0.392 e. The second kappa shape index (κ2) is 5.32. The van der Waals surface area contributed by atoms with Crippen LogP contribution < -0.4 is 5.32 Å². The third-order valence-corrected chi connectivity index (χ3v) is 2.65. The van der Waals surface area contributed by atoms with Crippen LogP contribution in [0.25, 0.3) is 0 Å². The molecule has 1 aliphatic rings. The Morgan fingerprint density at radius 3 is 3.00 bits per heavy atom. The molecule has 1 heterocycles.